The third kappa shape index (κ3) is 7.79. The molecule has 9 heteroatoms. The molecule has 0 unspecified atom stereocenters. The normalized spacial score (nSPS) is 13.7. The third-order valence-electron chi connectivity index (χ3n) is 6.82. The summed E-state index contributed by atoms with van der Waals surface area (Å²) in [5.41, 5.74) is 2.29. The molecule has 0 radical (unpaired) electrons. The minimum atomic E-state index is -0.295. The fraction of sp³-hybridized carbons (Fsp3) is 0.323. The lowest BCUT2D eigenvalue weighted by atomic mass is 9.98. The standard InChI is InChI=1S/C31H34N4O4S/c1-23-3-12-29(33-21-23)38-27-10-8-26(9-11-27)37-22-25-13-17-35(18-14-25)31(36)39-28-6-4-24(5-7-28)15-20-40-30-32-16-19-34(30)2/h3-12,16,19,21,25H,13-15,17-18,20,22H2,1-2H3. The van der Waals surface area contributed by atoms with Gasteiger partial charge in [-0.2, -0.15) is 0 Å². The van der Waals surface area contributed by atoms with E-state index < -0.39 is 0 Å². The molecule has 5 rings (SSSR count). The lowest BCUT2D eigenvalue weighted by molar-refractivity contribution is 0.117. The smallest absolute Gasteiger partial charge is 0.415 e. The minimum absolute atomic E-state index is 0.295. The molecule has 0 atom stereocenters. The second-order valence-electron chi connectivity index (χ2n) is 9.92. The van der Waals surface area contributed by atoms with Crippen molar-refractivity contribution in [2.24, 2.45) is 13.0 Å². The van der Waals surface area contributed by atoms with Crippen LogP contribution in [0.5, 0.6) is 23.1 Å². The molecule has 1 amide bonds. The van der Waals surface area contributed by atoms with Gasteiger partial charge < -0.3 is 23.7 Å². The number of imidazole rings is 1. The van der Waals surface area contributed by atoms with Crippen LogP contribution in [0.15, 0.2) is 84.4 Å². The number of benzene rings is 2. The molecule has 4 aromatic rings. The zero-order valence-electron chi connectivity index (χ0n) is 22.9. The van der Waals surface area contributed by atoms with Crippen molar-refractivity contribution in [1.82, 2.24) is 19.4 Å². The third-order valence-corrected chi connectivity index (χ3v) is 7.88. The van der Waals surface area contributed by atoms with Crippen molar-refractivity contribution in [2.45, 2.75) is 31.3 Å². The predicted octanol–water partition coefficient (Wildman–Crippen LogP) is 6.54. The summed E-state index contributed by atoms with van der Waals surface area (Å²) in [6.07, 6.45) is 7.92. The molecule has 3 heterocycles. The Morgan fingerprint density at radius 3 is 2.35 bits per heavy atom. The summed E-state index contributed by atoms with van der Waals surface area (Å²) >= 11 is 1.73. The van der Waals surface area contributed by atoms with Gasteiger partial charge in [0.25, 0.3) is 0 Å². The summed E-state index contributed by atoms with van der Waals surface area (Å²) in [6.45, 7) is 3.92. The van der Waals surface area contributed by atoms with Crippen molar-refractivity contribution in [3.8, 4) is 23.1 Å². The van der Waals surface area contributed by atoms with Crippen LogP contribution in [0.3, 0.4) is 0 Å². The molecule has 1 fully saturated rings. The molecular formula is C31H34N4O4S. The molecule has 1 aliphatic heterocycles. The molecule has 1 aliphatic rings. The van der Waals surface area contributed by atoms with Gasteiger partial charge >= 0.3 is 6.09 Å². The number of pyridine rings is 1. The van der Waals surface area contributed by atoms with E-state index in [2.05, 4.69) is 9.97 Å². The van der Waals surface area contributed by atoms with E-state index in [0.717, 1.165) is 41.5 Å². The summed E-state index contributed by atoms with van der Waals surface area (Å²) in [5.74, 6) is 3.97. The van der Waals surface area contributed by atoms with Gasteiger partial charge in [-0.3, -0.25) is 0 Å². The molecule has 2 aromatic heterocycles. The number of hydrogen-bond acceptors (Lipinski definition) is 7. The molecule has 0 spiro atoms. The van der Waals surface area contributed by atoms with Crippen molar-refractivity contribution in [1.29, 1.82) is 0 Å². The van der Waals surface area contributed by atoms with Gasteiger partial charge in [-0.1, -0.05) is 30.0 Å². The number of carbonyl (C=O) groups is 1. The Labute approximate surface area is 239 Å². The molecule has 8 nitrogen and oxygen atoms in total. The Morgan fingerprint density at radius 1 is 0.950 bits per heavy atom. The van der Waals surface area contributed by atoms with Gasteiger partial charge in [-0.05, 0) is 79.6 Å². The Balaban J connectivity index is 0.996. The van der Waals surface area contributed by atoms with E-state index >= 15 is 0 Å². The minimum Gasteiger partial charge on any atom is -0.493 e. The van der Waals surface area contributed by atoms with Crippen LogP contribution in [0.4, 0.5) is 4.79 Å². The van der Waals surface area contributed by atoms with Gasteiger partial charge in [0.2, 0.25) is 5.88 Å². The van der Waals surface area contributed by atoms with Crippen LogP contribution < -0.4 is 14.2 Å². The zero-order valence-corrected chi connectivity index (χ0v) is 23.7. The summed E-state index contributed by atoms with van der Waals surface area (Å²) in [4.78, 5) is 23.1. The summed E-state index contributed by atoms with van der Waals surface area (Å²) in [7, 11) is 2.00. The Bertz CT molecular complexity index is 1370. The Morgan fingerprint density at radius 2 is 1.68 bits per heavy atom. The number of aryl methyl sites for hydroxylation is 3. The number of piperidine rings is 1. The fourth-order valence-corrected chi connectivity index (χ4v) is 5.30. The Kier molecular flexibility index (Phi) is 9.23. The van der Waals surface area contributed by atoms with Crippen molar-refractivity contribution in [3.63, 3.8) is 0 Å². The van der Waals surface area contributed by atoms with Gasteiger partial charge in [-0.25, -0.2) is 14.8 Å². The largest absolute Gasteiger partial charge is 0.493 e. The molecule has 0 aliphatic carbocycles. The number of ether oxygens (including phenoxy) is 3. The molecular weight excluding hydrogens is 524 g/mol. The predicted molar refractivity (Wildman–Crippen MR) is 155 cm³/mol. The van der Waals surface area contributed by atoms with Crippen molar-refractivity contribution in [3.05, 3.63) is 90.4 Å². The van der Waals surface area contributed by atoms with Gasteiger partial charge in [0.15, 0.2) is 5.16 Å². The zero-order chi connectivity index (χ0) is 27.7. The van der Waals surface area contributed by atoms with Gasteiger partial charge in [-0.15, -0.1) is 0 Å². The van der Waals surface area contributed by atoms with Crippen molar-refractivity contribution in [2.75, 3.05) is 25.4 Å². The topological polar surface area (TPSA) is 78.7 Å². The second-order valence-corrected chi connectivity index (χ2v) is 11.0. The first-order valence-corrected chi connectivity index (χ1v) is 14.5. The maximum atomic E-state index is 12.7. The van der Waals surface area contributed by atoms with Crippen molar-refractivity contribution < 1.29 is 19.0 Å². The highest BCUT2D eigenvalue weighted by Crippen LogP contribution is 2.25. The van der Waals surface area contributed by atoms with Crippen LogP contribution >= 0.6 is 11.8 Å². The first-order valence-electron chi connectivity index (χ1n) is 13.5. The number of amides is 1. The van der Waals surface area contributed by atoms with Crippen LogP contribution in [0.25, 0.3) is 0 Å². The highest BCUT2D eigenvalue weighted by molar-refractivity contribution is 7.99. The van der Waals surface area contributed by atoms with Crippen LogP contribution in [0, 0.1) is 12.8 Å². The average molecular weight is 559 g/mol. The SMILES string of the molecule is Cc1ccc(Oc2ccc(OCC3CCN(C(=O)Oc4ccc(CCSc5nccn5C)cc4)CC3)cc2)nc1. The summed E-state index contributed by atoms with van der Waals surface area (Å²) < 4.78 is 19.4. The van der Waals surface area contributed by atoms with Crippen LogP contribution in [-0.4, -0.2) is 51.0 Å². The lowest BCUT2D eigenvalue weighted by Crippen LogP contribution is -2.41. The van der Waals surface area contributed by atoms with Gasteiger partial charge in [0.1, 0.15) is 17.2 Å². The number of aromatic nitrogens is 3. The molecule has 0 saturated carbocycles. The maximum Gasteiger partial charge on any atom is 0.415 e. The molecule has 1 saturated heterocycles. The van der Waals surface area contributed by atoms with E-state index in [-0.39, 0.29) is 6.09 Å². The number of thioether (sulfide) groups is 1. The van der Waals surface area contributed by atoms with Crippen LogP contribution in [0.2, 0.25) is 0 Å². The first-order chi connectivity index (χ1) is 19.5. The summed E-state index contributed by atoms with van der Waals surface area (Å²) in [6, 6.07) is 19.2. The monoisotopic (exact) mass is 558 g/mol. The summed E-state index contributed by atoms with van der Waals surface area (Å²) in [5, 5.41) is 1.01. The lowest BCUT2D eigenvalue weighted by Gasteiger charge is -2.31. The average Bonchev–Trinajstić information content (AvgIpc) is 3.39. The van der Waals surface area contributed by atoms with Gasteiger partial charge in [0, 0.05) is 50.5 Å². The van der Waals surface area contributed by atoms with E-state index in [1.165, 1.54) is 5.56 Å². The highest BCUT2D eigenvalue weighted by Gasteiger charge is 2.24. The maximum absolute atomic E-state index is 12.7. The van der Waals surface area contributed by atoms with E-state index in [4.69, 9.17) is 14.2 Å². The van der Waals surface area contributed by atoms with Crippen molar-refractivity contribution >= 4 is 17.9 Å². The number of likely N-dealkylation sites (tertiary alicyclic amines) is 1. The first kappa shape index (κ1) is 27.6. The van der Waals surface area contributed by atoms with Gasteiger partial charge in [0.05, 0.1) is 6.61 Å². The second kappa shape index (κ2) is 13.4. The van der Waals surface area contributed by atoms with Crippen LogP contribution in [-0.2, 0) is 13.5 Å². The molecule has 0 bridgehead atoms. The highest BCUT2D eigenvalue weighted by atomic mass is 32.2. The molecule has 208 valence electrons. The van der Waals surface area contributed by atoms with E-state index in [1.807, 2.05) is 91.6 Å². The van der Waals surface area contributed by atoms with Crippen LogP contribution in [0.1, 0.15) is 24.0 Å². The fourth-order valence-electron chi connectivity index (χ4n) is 4.38. The number of nitrogens with zero attached hydrogens (tertiary/aromatic N) is 4. The Hall–Kier alpha value is -3.98. The molecule has 0 N–H and O–H groups in total. The molecule has 2 aromatic carbocycles. The van der Waals surface area contributed by atoms with E-state index in [1.54, 1.807) is 22.9 Å². The molecule has 40 heavy (non-hydrogen) atoms. The quantitative estimate of drug-likeness (QED) is 0.205. The van der Waals surface area contributed by atoms with E-state index in [9.17, 15) is 4.79 Å². The number of hydrogen-bond donors (Lipinski definition) is 0. The number of carbonyl (C=O) groups excluding carboxylic acids is 1. The number of rotatable bonds is 10. The van der Waals surface area contributed by atoms with E-state index in [0.29, 0.717) is 43.0 Å².